The average molecular weight is 303 g/mol. The van der Waals surface area contributed by atoms with Crippen molar-refractivity contribution in [2.75, 3.05) is 6.54 Å². The highest BCUT2D eigenvalue weighted by Crippen LogP contribution is 2.19. The Morgan fingerprint density at radius 1 is 1.32 bits per heavy atom. The minimum atomic E-state index is -0.805. The molecule has 0 aliphatic heterocycles. The predicted octanol–water partition coefficient (Wildman–Crippen LogP) is 3.17. The van der Waals surface area contributed by atoms with Crippen LogP contribution in [-0.4, -0.2) is 18.0 Å². The molecule has 1 atom stereocenters. The lowest BCUT2D eigenvalue weighted by molar-refractivity contribution is -0.126. The maximum absolute atomic E-state index is 11.9. The van der Waals surface area contributed by atoms with Crippen LogP contribution in [0, 0.1) is 0 Å². The summed E-state index contributed by atoms with van der Waals surface area (Å²) in [5.41, 5.74) is 6.13. The maximum atomic E-state index is 11.9. The first-order chi connectivity index (χ1) is 8.85. The van der Waals surface area contributed by atoms with Crippen LogP contribution < -0.4 is 11.1 Å². The van der Waals surface area contributed by atoms with E-state index in [2.05, 4.69) is 5.32 Å². The third kappa shape index (κ3) is 5.39. The van der Waals surface area contributed by atoms with Gasteiger partial charge in [-0.15, -0.1) is 0 Å². The van der Waals surface area contributed by atoms with Crippen LogP contribution in [0.25, 0.3) is 0 Å². The van der Waals surface area contributed by atoms with E-state index in [0.717, 1.165) is 12.0 Å². The summed E-state index contributed by atoms with van der Waals surface area (Å²) in [4.78, 5) is 11.9. The summed E-state index contributed by atoms with van der Waals surface area (Å²) < 4.78 is 0. The Morgan fingerprint density at radius 2 is 1.89 bits per heavy atom. The average Bonchev–Trinajstić information content (AvgIpc) is 2.27. The molecule has 0 saturated carbocycles. The van der Waals surface area contributed by atoms with Crippen LogP contribution in [0.5, 0.6) is 0 Å². The zero-order valence-corrected chi connectivity index (χ0v) is 12.8. The molecule has 19 heavy (non-hydrogen) atoms. The number of carbonyl (C=O) groups excluding carboxylic acids is 1. The number of nitrogens with two attached hydrogens (primary N) is 1. The van der Waals surface area contributed by atoms with Gasteiger partial charge in [-0.05, 0) is 43.5 Å². The van der Waals surface area contributed by atoms with E-state index in [0.29, 0.717) is 29.4 Å². The third-order valence-electron chi connectivity index (χ3n) is 2.91. The first-order valence-corrected chi connectivity index (χ1v) is 7.13. The first-order valence-electron chi connectivity index (χ1n) is 6.37. The van der Waals surface area contributed by atoms with Crippen LogP contribution >= 0.6 is 23.2 Å². The number of carbonyl (C=O) groups is 1. The van der Waals surface area contributed by atoms with E-state index in [4.69, 9.17) is 28.9 Å². The van der Waals surface area contributed by atoms with Crippen molar-refractivity contribution in [3.8, 4) is 0 Å². The molecule has 0 heterocycles. The zero-order valence-electron chi connectivity index (χ0n) is 11.3. The minimum Gasteiger partial charge on any atom is -0.354 e. The van der Waals surface area contributed by atoms with Crippen molar-refractivity contribution in [2.45, 2.75) is 38.6 Å². The number of nitrogens with one attached hydrogen (secondary N) is 1. The summed E-state index contributed by atoms with van der Waals surface area (Å²) in [5.74, 6) is -0.123. The number of hydrogen-bond acceptors (Lipinski definition) is 2. The Labute approximate surface area is 124 Å². The lowest BCUT2D eigenvalue weighted by Gasteiger charge is -2.22. The van der Waals surface area contributed by atoms with E-state index < -0.39 is 5.54 Å². The van der Waals surface area contributed by atoms with Gasteiger partial charge in [-0.2, -0.15) is 0 Å². The highest BCUT2D eigenvalue weighted by molar-refractivity contribution is 6.34. The summed E-state index contributed by atoms with van der Waals surface area (Å²) in [6.45, 7) is 4.28. The second-order valence-electron chi connectivity index (χ2n) is 4.95. The highest BCUT2D eigenvalue weighted by atomic mass is 35.5. The Kier molecular flexibility index (Phi) is 6.11. The molecule has 0 radical (unpaired) electrons. The van der Waals surface area contributed by atoms with Gasteiger partial charge in [0.15, 0.2) is 0 Å². The van der Waals surface area contributed by atoms with E-state index in [-0.39, 0.29) is 5.91 Å². The van der Waals surface area contributed by atoms with Gasteiger partial charge in [-0.25, -0.2) is 0 Å². The summed E-state index contributed by atoms with van der Waals surface area (Å²) in [5, 5.41) is 4.05. The van der Waals surface area contributed by atoms with Crippen molar-refractivity contribution in [3.63, 3.8) is 0 Å². The lowest BCUT2D eigenvalue weighted by atomic mass is 9.96. The zero-order chi connectivity index (χ0) is 14.5. The molecule has 1 unspecified atom stereocenters. The van der Waals surface area contributed by atoms with Crippen LogP contribution in [0.15, 0.2) is 18.2 Å². The van der Waals surface area contributed by atoms with Gasteiger partial charge in [0.25, 0.3) is 0 Å². The molecule has 0 saturated heterocycles. The van der Waals surface area contributed by atoms with Gasteiger partial charge in [0.2, 0.25) is 5.91 Å². The van der Waals surface area contributed by atoms with Crippen molar-refractivity contribution in [2.24, 2.45) is 5.73 Å². The van der Waals surface area contributed by atoms with E-state index >= 15 is 0 Å². The Morgan fingerprint density at radius 3 is 2.42 bits per heavy atom. The highest BCUT2D eigenvalue weighted by Gasteiger charge is 2.26. The SMILES string of the molecule is CCCC(C)(N)C(=O)NCCc1cc(Cl)cc(Cl)c1. The lowest BCUT2D eigenvalue weighted by Crippen LogP contribution is -2.51. The van der Waals surface area contributed by atoms with Crippen molar-refractivity contribution in [1.29, 1.82) is 0 Å². The molecule has 1 aromatic rings. The predicted molar refractivity (Wildman–Crippen MR) is 80.7 cm³/mol. The molecule has 106 valence electrons. The van der Waals surface area contributed by atoms with E-state index in [1.54, 1.807) is 13.0 Å². The second-order valence-corrected chi connectivity index (χ2v) is 5.82. The Hall–Kier alpha value is -0.770. The van der Waals surface area contributed by atoms with Crippen molar-refractivity contribution >= 4 is 29.1 Å². The van der Waals surface area contributed by atoms with Gasteiger partial charge in [-0.1, -0.05) is 36.5 Å². The fourth-order valence-electron chi connectivity index (χ4n) is 1.91. The van der Waals surface area contributed by atoms with Crippen molar-refractivity contribution < 1.29 is 4.79 Å². The molecule has 0 aliphatic carbocycles. The topological polar surface area (TPSA) is 55.1 Å². The van der Waals surface area contributed by atoms with Gasteiger partial charge in [0, 0.05) is 16.6 Å². The second kappa shape index (κ2) is 7.13. The quantitative estimate of drug-likeness (QED) is 0.848. The number of halogens is 2. The van der Waals surface area contributed by atoms with Crippen LogP contribution in [-0.2, 0) is 11.2 Å². The molecule has 3 nitrogen and oxygen atoms in total. The summed E-state index contributed by atoms with van der Waals surface area (Å²) in [6, 6.07) is 5.37. The molecular formula is C14H20Cl2N2O. The molecule has 1 aromatic carbocycles. The van der Waals surface area contributed by atoms with Gasteiger partial charge >= 0.3 is 0 Å². The van der Waals surface area contributed by atoms with Crippen LogP contribution in [0.1, 0.15) is 32.3 Å². The van der Waals surface area contributed by atoms with Gasteiger partial charge in [-0.3, -0.25) is 4.79 Å². The van der Waals surface area contributed by atoms with Gasteiger partial charge in [0.1, 0.15) is 0 Å². The molecule has 1 amide bonds. The fraction of sp³-hybridized carbons (Fsp3) is 0.500. The van der Waals surface area contributed by atoms with Crippen LogP contribution in [0.2, 0.25) is 10.0 Å². The minimum absolute atomic E-state index is 0.123. The molecule has 3 N–H and O–H groups in total. The number of amides is 1. The summed E-state index contributed by atoms with van der Waals surface area (Å²) >= 11 is 11.8. The van der Waals surface area contributed by atoms with Gasteiger partial charge < -0.3 is 11.1 Å². The molecule has 0 aromatic heterocycles. The van der Waals surface area contributed by atoms with Crippen LogP contribution in [0.3, 0.4) is 0 Å². The maximum Gasteiger partial charge on any atom is 0.239 e. The molecule has 0 spiro atoms. The first kappa shape index (κ1) is 16.3. The molecular weight excluding hydrogens is 283 g/mol. The van der Waals surface area contributed by atoms with E-state index in [1.165, 1.54) is 0 Å². The third-order valence-corrected chi connectivity index (χ3v) is 3.35. The molecule has 0 aliphatic rings. The standard InChI is InChI=1S/C14H20Cl2N2O/c1-3-5-14(2,17)13(19)18-6-4-10-7-11(15)9-12(16)8-10/h7-9H,3-6,17H2,1-2H3,(H,18,19). The van der Waals surface area contributed by atoms with E-state index in [9.17, 15) is 4.79 Å². The number of hydrogen-bond donors (Lipinski definition) is 2. The number of benzene rings is 1. The van der Waals surface area contributed by atoms with Crippen LogP contribution in [0.4, 0.5) is 0 Å². The Bertz CT molecular complexity index is 427. The summed E-state index contributed by atoms with van der Waals surface area (Å²) in [7, 11) is 0. The number of rotatable bonds is 6. The fourth-order valence-corrected chi connectivity index (χ4v) is 2.48. The van der Waals surface area contributed by atoms with Gasteiger partial charge in [0.05, 0.1) is 5.54 Å². The summed E-state index contributed by atoms with van der Waals surface area (Å²) in [6.07, 6.45) is 2.22. The molecule has 5 heteroatoms. The molecule has 0 bridgehead atoms. The largest absolute Gasteiger partial charge is 0.354 e. The van der Waals surface area contributed by atoms with Crippen molar-refractivity contribution in [1.82, 2.24) is 5.32 Å². The monoisotopic (exact) mass is 302 g/mol. The van der Waals surface area contributed by atoms with Crippen molar-refractivity contribution in [3.05, 3.63) is 33.8 Å². The smallest absolute Gasteiger partial charge is 0.239 e. The normalized spacial score (nSPS) is 13.9. The molecule has 1 rings (SSSR count). The van der Waals surface area contributed by atoms with E-state index in [1.807, 2.05) is 19.1 Å². The Balaban J connectivity index is 2.48. The molecule has 0 fully saturated rings.